The standard InChI is InChI=1S/C23H22ClN3O/c1-16-5-4-6-20(25-16)15-27-12-11-17-9-10-19(13-18(17)14-27)26-23(28)21-7-2-3-8-22(21)24/h2-10,13H,11-12,14-15H2,1H3,(H,26,28). The monoisotopic (exact) mass is 391 g/mol. The molecular weight excluding hydrogens is 370 g/mol. The largest absolute Gasteiger partial charge is 0.322 e. The number of anilines is 1. The van der Waals surface area contributed by atoms with Crippen molar-refractivity contribution in [2.75, 3.05) is 11.9 Å². The van der Waals surface area contributed by atoms with Gasteiger partial charge >= 0.3 is 0 Å². The Morgan fingerprint density at radius 3 is 2.79 bits per heavy atom. The summed E-state index contributed by atoms with van der Waals surface area (Å²) in [4.78, 5) is 19.5. The number of aromatic nitrogens is 1. The molecular formula is C23H22ClN3O. The number of fused-ring (bicyclic) bond motifs is 1. The number of hydrogen-bond acceptors (Lipinski definition) is 3. The highest BCUT2D eigenvalue weighted by Crippen LogP contribution is 2.25. The molecule has 1 aliphatic rings. The predicted octanol–water partition coefficient (Wildman–Crippen LogP) is 4.85. The highest BCUT2D eigenvalue weighted by Gasteiger charge is 2.18. The van der Waals surface area contributed by atoms with Crippen molar-refractivity contribution in [3.05, 3.63) is 93.8 Å². The average molecular weight is 392 g/mol. The molecule has 3 aromatic rings. The minimum absolute atomic E-state index is 0.192. The molecule has 0 spiro atoms. The van der Waals surface area contributed by atoms with E-state index in [9.17, 15) is 4.79 Å². The van der Waals surface area contributed by atoms with Crippen molar-refractivity contribution < 1.29 is 4.79 Å². The minimum Gasteiger partial charge on any atom is -0.322 e. The number of benzene rings is 2. The summed E-state index contributed by atoms with van der Waals surface area (Å²) < 4.78 is 0. The van der Waals surface area contributed by atoms with Gasteiger partial charge in [-0.2, -0.15) is 0 Å². The lowest BCUT2D eigenvalue weighted by molar-refractivity contribution is 0.102. The molecule has 0 bridgehead atoms. The van der Waals surface area contributed by atoms with Crippen LogP contribution in [0.4, 0.5) is 5.69 Å². The first kappa shape index (κ1) is 18.7. The van der Waals surface area contributed by atoms with Gasteiger partial charge in [-0.3, -0.25) is 14.7 Å². The highest BCUT2D eigenvalue weighted by atomic mass is 35.5. The van der Waals surface area contributed by atoms with Crippen LogP contribution in [0.5, 0.6) is 0 Å². The van der Waals surface area contributed by atoms with E-state index < -0.39 is 0 Å². The number of hydrogen-bond donors (Lipinski definition) is 1. The van der Waals surface area contributed by atoms with Crippen molar-refractivity contribution in [3.8, 4) is 0 Å². The Morgan fingerprint density at radius 2 is 1.96 bits per heavy atom. The Balaban J connectivity index is 1.47. The van der Waals surface area contributed by atoms with Gasteiger partial charge in [0.15, 0.2) is 0 Å². The van der Waals surface area contributed by atoms with Crippen molar-refractivity contribution in [1.29, 1.82) is 0 Å². The number of aryl methyl sites for hydroxylation is 1. The van der Waals surface area contributed by atoms with Gasteiger partial charge in [-0.1, -0.05) is 35.9 Å². The number of carbonyl (C=O) groups is 1. The third-order valence-electron chi connectivity index (χ3n) is 5.01. The SMILES string of the molecule is Cc1cccc(CN2CCc3ccc(NC(=O)c4ccccc4Cl)cc3C2)n1. The summed E-state index contributed by atoms with van der Waals surface area (Å²) in [7, 11) is 0. The molecule has 2 aromatic carbocycles. The van der Waals surface area contributed by atoms with Crippen molar-refractivity contribution in [2.45, 2.75) is 26.4 Å². The normalized spacial score (nSPS) is 13.8. The molecule has 0 atom stereocenters. The molecule has 1 N–H and O–H groups in total. The molecule has 142 valence electrons. The number of rotatable bonds is 4. The summed E-state index contributed by atoms with van der Waals surface area (Å²) in [5, 5.41) is 3.42. The van der Waals surface area contributed by atoms with Crippen molar-refractivity contribution in [1.82, 2.24) is 9.88 Å². The summed E-state index contributed by atoms with van der Waals surface area (Å²) in [6, 6.07) is 19.4. The van der Waals surface area contributed by atoms with Gasteiger partial charge in [-0.05, 0) is 60.9 Å². The second-order valence-corrected chi connectivity index (χ2v) is 7.56. The lowest BCUT2D eigenvalue weighted by Crippen LogP contribution is -2.30. The molecule has 4 rings (SSSR count). The van der Waals surface area contributed by atoms with E-state index in [2.05, 4.69) is 39.5 Å². The maximum atomic E-state index is 12.5. The maximum Gasteiger partial charge on any atom is 0.257 e. The fourth-order valence-corrected chi connectivity index (χ4v) is 3.81. The molecule has 5 heteroatoms. The van der Waals surface area contributed by atoms with Crippen LogP contribution in [0.15, 0.2) is 60.7 Å². The van der Waals surface area contributed by atoms with Gasteiger partial charge in [0, 0.05) is 31.0 Å². The van der Waals surface area contributed by atoms with E-state index in [4.69, 9.17) is 11.6 Å². The molecule has 0 aliphatic carbocycles. The molecule has 4 nitrogen and oxygen atoms in total. The summed E-state index contributed by atoms with van der Waals surface area (Å²) in [5.41, 5.74) is 5.99. The Bertz CT molecular complexity index is 1020. The van der Waals surface area contributed by atoms with Crippen molar-refractivity contribution in [3.63, 3.8) is 0 Å². The summed E-state index contributed by atoms with van der Waals surface area (Å²) in [5.74, 6) is -0.192. The number of nitrogens with zero attached hydrogens (tertiary/aromatic N) is 2. The van der Waals surface area contributed by atoms with Crippen LogP contribution in [0, 0.1) is 6.92 Å². The molecule has 28 heavy (non-hydrogen) atoms. The number of nitrogens with one attached hydrogen (secondary N) is 1. The van der Waals surface area contributed by atoms with Gasteiger partial charge in [-0.25, -0.2) is 0 Å². The van der Waals surface area contributed by atoms with Crippen LogP contribution < -0.4 is 5.32 Å². The lowest BCUT2D eigenvalue weighted by atomic mass is 9.98. The van der Waals surface area contributed by atoms with Crippen LogP contribution in [0.1, 0.15) is 32.9 Å². The molecule has 0 saturated carbocycles. The van der Waals surface area contributed by atoms with Crippen LogP contribution in [0.3, 0.4) is 0 Å². The van der Waals surface area contributed by atoms with Crippen LogP contribution in [0.25, 0.3) is 0 Å². The Hall–Kier alpha value is -2.69. The molecule has 0 saturated heterocycles. The zero-order valence-electron chi connectivity index (χ0n) is 15.8. The molecule has 0 fully saturated rings. The third kappa shape index (κ3) is 4.24. The van der Waals surface area contributed by atoms with E-state index in [1.54, 1.807) is 12.1 Å². The van der Waals surface area contributed by atoms with Gasteiger partial charge in [0.05, 0.1) is 16.3 Å². The Labute approximate surface area is 170 Å². The topological polar surface area (TPSA) is 45.2 Å². The van der Waals surface area contributed by atoms with E-state index in [-0.39, 0.29) is 5.91 Å². The second kappa shape index (κ2) is 8.13. The lowest BCUT2D eigenvalue weighted by Gasteiger charge is -2.29. The molecule has 1 aliphatic heterocycles. The quantitative estimate of drug-likeness (QED) is 0.691. The van der Waals surface area contributed by atoms with Crippen LogP contribution >= 0.6 is 11.6 Å². The first-order chi connectivity index (χ1) is 13.6. The van der Waals surface area contributed by atoms with Gasteiger partial charge in [0.1, 0.15) is 0 Å². The molecule has 1 amide bonds. The first-order valence-electron chi connectivity index (χ1n) is 9.41. The summed E-state index contributed by atoms with van der Waals surface area (Å²) in [6.07, 6.45) is 1.000. The van der Waals surface area contributed by atoms with Gasteiger partial charge in [-0.15, -0.1) is 0 Å². The number of halogens is 1. The average Bonchev–Trinajstić information content (AvgIpc) is 2.68. The Kier molecular flexibility index (Phi) is 5.42. The smallest absolute Gasteiger partial charge is 0.257 e. The van der Waals surface area contributed by atoms with Crippen LogP contribution in [-0.4, -0.2) is 22.3 Å². The molecule has 2 heterocycles. The van der Waals surface area contributed by atoms with Gasteiger partial charge in [0.2, 0.25) is 0 Å². The summed E-state index contributed by atoms with van der Waals surface area (Å²) >= 11 is 6.13. The van der Waals surface area contributed by atoms with Crippen LogP contribution in [-0.2, 0) is 19.5 Å². The fraction of sp³-hybridized carbons (Fsp3) is 0.217. The Morgan fingerprint density at radius 1 is 1.11 bits per heavy atom. The van der Waals surface area contributed by atoms with Crippen LogP contribution in [0.2, 0.25) is 5.02 Å². The van der Waals surface area contributed by atoms with E-state index in [1.807, 2.05) is 31.2 Å². The predicted molar refractivity (Wildman–Crippen MR) is 113 cm³/mol. The first-order valence-corrected chi connectivity index (χ1v) is 9.79. The molecule has 0 unspecified atom stereocenters. The molecule has 1 aromatic heterocycles. The van der Waals surface area contributed by atoms with Gasteiger partial charge in [0.25, 0.3) is 5.91 Å². The second-order valence-electron chi connectivity index (χ2n) is 7.15. The van der Waals surface area contributed by atoms with E-state index in [0.717, 1.165) is 43.1 Å². The number of carbonyl (C=O) groups excluding carboxylic acids is 1. The number of amides is 1. The highest BCUT2D eigenvalue weighted by molar-refractivity contribution is 6.34. The van der Waals surface area contributed by atoms with Crippen molar-refractivity contribution in [2.24, 2.45) is 0 Å². The van der Waals surface area contributed by atoms with E-state index >= 15 is 0 Å². The summed E-state index contributed by atoms with van der Waals surface area (Å²) in [6.45, 7) is 4.70. The van der Waals surface area contributed by atoms with Crippen molar-refractivity contribution >= 4 is 23.2 Å². The maximum absolute atomic E-state index is 12.5. The number of pyridine rings is 1. The van der Waals surface area contributed by atoms with E-state index in [0.29, 0.717) is 10.6 Å². The van der Waals surface area contributed by atoms with Gasteiger partial charge < -0.3 is 5.32 Å². The zero-order chi connectivity index (χ0) is 19.5. The minimum atomic E-state index is -0.192. The third-order valence-corrected chi connectivity index (χ3v) is 5.34. The zero-order valence-corrected chi connectivity index (χ0v) is 16.5. The fourth-order valence-electron chi connectivity index (χ4n) is 3.59. The van der Waals surface area contributed by atoms with E-state index in [1.165, 1.54) is 11.1 Å². The molecule has 0 radical (unpaired) electrons.